The molecule has 0 aliphatic carbocycles. The molecule has 18 heavy (non-hydrogen) atoms. The van der Waals surface area contributed by atoms with Gasteiger partial charge in [0.05, 0.1) is 17.7 Å². The normalized spacial score (nSPS) is 24.4. The second kappa shape index (κ2) is 4.39. The van der Waals surface area contributed by atoms with Gasteiger partial charge in [-0.1, -0.05) is 20.8 Å². The molecule has 2 unspecified atom stereocenters. The minimum atomic E-state index is -1.06. The van der Waals surface area contributed by atoms with E-state index in [4.69, 9.17) is 9.15 Å². The quantitative estimate of drug-likeness (QED) is 0.876. The lowest BCUT2D eigenvalue weighted by atomic mass is 9.91. The van der Waals surface area contributed by atoms with Gasteiger partial charge in [0, 0.05) is 12.0 Å². The number of rotatable bonds is 2. The van der Waals surface area contributed by atoms with Crippen LogP contribution in [0, 0.1) is 0 Å². The Morgan fingerprint density at radius 2 is 2.11 bits per heavy atom. The fourth-order valence-electron chi connectivity index (χ4n) is 2.20. The van der Waals surface area contributed by atoms with Gasteiger partial charge >= 0.3 is 5.97 Å². The molecule has 5 heteroatoms. The summed E-state index contributed by atoms with van der Waals surface area (Å²) < 4.78 is 10.9. The van der Waals surface area contributed by atoms with Gasteiger partial charge in [0.1, 0.15) is 0 Å². The fourth-order valence-corrected chi connectivity index (χ4v) is 2.20. The molecule has 1 saturated heterocycles. The van der Waals surface area contributed by atoms with Crippen LogP contribution in [0.2, 0.25) is 0 Å². The molecular weight excluding hydrogens is 234 g/mol. The molecule has 0 amide bonds. The zero-order valence-electron chi connectivity index (χ0n) is 11.2. The van der Waals surface area contributed by atoms with Gasteiger partial charge in [-0.3, -0.25) is 0 Å². The van der Waals surface area contributed by atoms with E-state index in [0.717, 1.165) is 6.42 Å². The molecule has 100 valence electrons. The van der Waals surface area contributed by atoms with Crippen molar-refractivity contribution in [2.24, 2.45) is 0 Å². The summed E-state index contributed by atoms with van der Waals surface area (Å²) >= 11 is 0. The van der Waals surface area contributed by atoms with E-state index in [2.05, 4.69) is 4.98 Å². The number of nitrogens with zero attached hydrogens (tertiary/aromatic N) is 1. The topological polar surface area (TPSA) is 72.6 Å². The smallest absolute Gasteiger partial charge is 0.373 e. The van der Waals surface area contributed by atoms with E-state index in [1.807, 2.05) is 27.7 Å². The third-order valence-corrected chi connectivity index (χ3v) is 3.24. The van der Waals surface area contributed by atoms with Crippen LogP contribution in [0.1, 0.15) is 62.2 Å². The molecule has 1 aliphatic heterocycles. The molecule has 1 aliphatic rings. The SMILES string of the molecule is CC1OCCC1c1nc(C(C)(C)C)c(C(=O)O)o1. The number of ether oxygens (including phenoxy) is 1. The van der Waals surface area contributed by atoms with Crippen molar-refractivity contribution < 1.29 is 19.1 Å². The molecule has 2 rings (SSSR count). The van der Waals surface area contributed by atoms with Gasteiger partial charge in [0.2, 0.25) is 11.7 Å². The van der Waals surface area contributed by atoms with Gasteiger partial charge in [-0.2, -0.15) is 0 Å². The number of aromatic nitrogens is 1. The fraction of sp³-hybridized carbons (Fsp3) is 0.692. The molecule has 0 spiro atoms. The number of carboxylic acids is 1. The zero-order chi connectivity index (χ0) is 13.5. The van der Waals surface area contributed by atoms with Gasteiger partial charge in [-0.25, -0.2) is 9.78 Å². The Morgan fingerprint density at radius 1 is 1.44 bits per heavy atom. The van der Waals surface area contributed by atoms with Crippen molar-refractivity contribution in [2.45, 2.75) is 51.6 Å². The van der Waals surface area contributed by atoms with Crippen LogP contribution in [0.15, 0.2) is 4.42 Å². The zero-order valence-corrected chi connectivity index (χ0v) is 11.2. The van der Waals surface area contributed by atoms with Crippen LogP contribution in [0.3, 0.4) is 0 Å². The van der Waals surface area contributed by atoms with Gasteiger partial charge in [-0.15, -0.1) is 0 Å². The van der Waals surface area contributed by atoms with Crippen LogP contribution in [0.4, 0.5) is 0 Å². The minimum absolute atomic E-state index is 0.0260. The molecular formula is C13H19NO4. The summed E-state index contributed by atoms with van der Waals surface area (Å²) in [4.78, 5) is 15.6. The number of carbonyl (C=O) groups is 1. The predicted molar refractivity (Wildman–Crippen MR) is 64.9 cm³/mol. The lowest BCUT2D eigenvalue weighted by molar-refractivity contribution is 0.0653. The standard InChI is InChI=1S/C13H19NO4/c1-7-8(5-6-17-7)11-14-10(13(2,3)4)9(18-11)12(15)16/h7-8H,5-6H2,1-4H3,(H,15,16). The van der Waals surface area contributed by atoms with Crippen LogP contribution >= 0.6 is 0 Å². The summed E-state index contributed by atoms with van der Waals surface area (Å²) in [6, 6.07) is 0. The monoisotopic (exact) mass is 253 g/mol. The van der Waals surface area contributed by atoms with Crippen molar-refractivity contribution in [3.63, 3.8) is 0 Å². The second-order valence-corrected chi connectivity index (χ2v) is 5.76. The molecule has 5 nitrogen and oxygen atoms in total. The third kappa shape index (κ3) is 2.27. The highest BCUT2D eigenvalue weighted by molar-refractivity contribution is 5.86. The van der Waals surface area contributed by atoms with Crippen molar-refractivity contribution in [1.82, 2.24) is 4.98 Å². The van der Waals surface area contributed by atoms with Crippen molar-refractivity contribution in [3.8, 4) is 0 Å². The van der Waals surface area contributed by atoms with Crippen LogP contribution < -0.4 is 0 Å². The first kappa shape index (κ1) is 13.1. The Morgan fingerprint density at radius 3 is 2.50 bits per heavy atom. The van der Waals surface area contributed by atoms with Crippen LogP contribution in [0.5, 0.6) is 0 Å². The highest BCUT2D eigenvalue weighted by atomic mass is 16.5. The summed E-state index contributed by atoms with van der Waals surface area (Å²) in [6.07, 6.45) is 0.850. The Balaban J connectivity index is 2.42. The predicted octanol–water partition coefficient (Wildman–Crippen LogP) is 2.56. The maximum atomic E-state index is 11.2. The first-order chi connectivity index (χ1) is 8.30. The summed E-state index contributed by atoms with van der Waals surface area (Å²) in [6.45, 7) is 8.40. The maximum Gasteiger partial charge on any atom is 0.373 e. The number of oxazole rings is 1. The first-order valence-corrected chi connectivity index (χ1v) is 6.17. The van der Waals surface area contributed by atoms with E-state index in [1.54, 1.807) is 0 Å². The van der Waals surface area contributed by atoms with E-state index >= 15 is 0 Å². The van der Waals surface area contributed by atoms with Gasteiger partial charge in [0.15, 0.2) is 0 Å². The van der Waals surface area contributed by atoms with Crippen molar-refractivity contribution in [1.29, 1.82) is 0 Å². The Kier molecular flexibility index (Phi) is 3.19. The molecule has 2 heterocycles. The molecule has 1 aromatic heterocycles. The lowest BCUT2D eigenvalue weighted by Gasteiger charge is -2.15. The Labute approximate surface area is 106 Å². The summed E-state index contributed by atoms with van der Waals surface area (Å²) in [5.41, 5.74) is 0.155. The molecule has 0 radical (unpaired) electrons. The largest absolute Gasteiger partial charge is 0.475 e. The van der Waals surface area contributed by atoms with Crippen LogP contribution in [-0.2, 0) is 10.2 Å². The van der Waals surface area contributed by atoms with Gasteiger partial charge in [0.25, 0.3) is 0 Å². The average molecular weight is 253 g/mol. The second-order valence-electron chi connectivity index (χ2n) is 5.76. The summed E-state index contributed by atoms with van der Waals surface area (Å²) in [7, 11) is 0. The third-order valence-electron chi connectivity index (χ3n) is 3.24. The van der Waals surface area contributed by atoms with Crippen LogP contribution in [0.25, 0.3) is 0 Å². The number of carboxylic acid groups (broad SMARTS) is 1. The van der Waals surface area contributed by atoms with Gasteiger partial charge < -0.3 is 14.3 Å². The highest BCUT2D eigenvalue weighted by Gasteiger charge is 2.35. The number of aromatic carboxylic acids is 1. The average Bonchev–Trinajstić information content (AvgIpc) is 2.81. The molecule has 2 atom stereocenters. The molecule has 1 aromatic rings. The van der Waals surface area contributed by atoms with Crippen molar-refractivity contribution >= 4 is 5.97 Å². The number of hydrogen-bond acceptors (Lipinski definition) is 4. The lowest BCUT2D eigenvalue weighted by Crippen LogP contribution is -2.16. The summed E-state index contributed by atoms with van der Waals surface area (Å²) in [5, 5.41) is 9.19. The first-order valence-electron chi connectivity index (χ1n) is 6.17. The Hall–Kier alpha value is -1.36. The molecule has 1 fully saturated rings. The summed E-state index contributed by atoms with van der Waals surface area (Å²) in [5.74, 6) is -0.566. The van der Waals surface area contributed by atoms with E-state index in [-0.39, 0.29) is 23.2 Å². The highest BCUT2D eigenvalue weighted by Crippen LogP contribution is 2.34. The molecule has 0 saturated carbocycles. The Bertz CT molecular complexity index is 458. The van der Waals surface area contributed by atoms with E-state index in [0.29, 0.717) is 18.2 Å². The minimum Gasteiger partial charge on any atom is -0.475 e. The van der Waals surface area contributed by atoms with E-state index < -0.39 is 5.97 Å². The molecule has 0 bridgehead atoms. The molecule has 1 N–H and O–H groups in total. The maximum absolute atomic E-state index is 11.2. The van der Waals surface area contributed by atoms with Crippen molar-refractivity contribution in [3.05, 3.63) is 17.3 Å². The van der Waals surface area contributed by atoms with Crippen LogP contribution in [-0.4, -0.2) is 28.8 Å². The van der Waals surface area contributed by atoms with E-state index in [9.17, 15) is 9.90 Å². The molecule has 0 aromatic carbocycles. The van der Waals surface area contributed by atoms with E-state index in [1.165, 1.54) is 0 Å². The number of hydrogen-bond donors (Lipinski definition) is 1. The van der Waals surface area contributed by atoms with Crippen molar-refractivity contribution in [2.75, 3.05) is 6.61 Å². The van der Waals surface area contributed by atoms with Gasteiger partial charge in [-0.05, 0) is 13.3 Å².